The van der Waals surface area contributed by atoms with Gasteiger partial charge in [0.05, 0.1) is 10.7 Å². The second-order valence-electron chi connectivity index (χ2n) is 5.22. The third-order valence-electron chi connectivity index (χ3n) is 3.42. The molecule has 2 N–H and O–H groups in total. The summed E-state index contributed by atoms with van der Waals surface area (Å²) in [6, 6.07) is 12.0. The lowest BCUT2D eigenvalue weighted by Crippen LogP contribution is -2.13. The van der Waals surface area contributed by atoms with Gasteiger partial charge in [0, 0.05) is 35.7 Å². The molecule has 2 heterocycles. The quantitative estimate of drug-likeness (QED) is 0.683. The summed E-state index contributed by atoms with van der Waals surface area (Å²) in [6.45, 7) is 0.584. The highest BCUT2D eigenvalue weighted by Gasteiger charge is 2.10. The molecule has 25 heavy (non-hydrogen) atoms. The molecule has 0 bridgehead atoms. The summed E-state index contributed by atoms with van der Waals surface area (Å²) < 4.78 is 0. The number of amides is 1. The van der Waals surface area contributed by atoms with E-state index < -0.39 is 0 Å². The van der Waals surface area contributed by atoms with Gasteiger partial charge < -0.3 is 10.6 Å². The first-order valence-electron chi connectivity index (χ1n) is 7.47. The average molecular weight is 373 g/mol. The van der Waals surface area contributed by atoms with Crippen molar-refractivity contribution in [2.45, 2.75) is 6.54 Å². The van der Waals surface area contributed by atoms with Crippen LogP contribution in [0.5, 0.6) is 0 Å². The molecule has 0 aliphatic rings. The zero-order chi connectivity index (χ0) is 17.6. The van der Waals surface area contributed by atoms with Crippen LogP contribution in [0.4, 0.5) is 11.5 Å². The van der Waals surface area contributed by atoms with Crippen molar-refractivity contribution in [2.24, 2.45) is 0 Å². The molecule has 0 spiro atoms. The minimum Gasteiger partial charge on any atom is -0.366 e. The van der Waals surface area contributed by atoms with Crippen LogP contribution in [0.3, 0.4) is 0 Å². The average Bonchev–Trinajstić information content (AvgIpc) is 2.64. The van der Waals surface area contributed by atoms with Crippen LogP contribution in [0.1, 0.15) is 15.9 Å². The van der Waals surface area contributed by atoms with E-state index in [1.54, 1.807) is 48.9 Å². The molecule has 5 nitrogen and oxygen atoms in total. The molecule has 126 valence electrons. The van der Waals surface area contributed by atoms with Crippen molar-refractivity contribution in [1.29, 1.82) is 0 Å². The maximum Gasteiger partial charge on any atom is 0.255 e. The molecule has 0 saturated heterocycles. The molecular formula is C18H14Cl2N4O. The zero-order valence-corrected chi connectivity index (χ0v) is 14.6. The highest BCUT2D eigenvalue weighted by molar-refractivity contribution is 6.35. The number of carbonyl (C=O) groups is 1. The third-order valence-corrected chi connectivity index (χ3v) is 3.99. The van der Waals surface area contributed by atoms with Crippen LogP contribution in [0.25, 0.3) is 0 Å². The van der Waals surface area contributed by atoms with Gasteiger partial charge in [0.15, 0.2) is 0 Å². The summed E-state index contributed by atoms with van der Waals surface area (Å²) in [6.07, 6.45) is 5.02. The molecule has 3 aromatic rings. The number of benzene rings is 1. The number of pyridine rings is 2. The van der Waals surface area contributed by atoms with Gasteiger partial charge in [-0.1, -0.05) is 23.2 Å². The van der Waals surface area contributed by atoms with E-state index in [2.05, 4.69) is 20.6 Å². The Hall–Kier alpha value is -2.63. The monoisotopic (exact) mass is 372 g/mol. The van der Waals surface area contributed by atoms with Gasteiger partial charge in [-0.15, -0.1) is 0 Å². The first kappa shape index (κ1) is 17.2. The first-order chi connectivity index (χ1) is 12.1. The Morgan fingerprint density at radius 1 is 1.00 bits per heavy atom. The highest BCUT2D eigenvalue weighted by Crippen LogP contribution is 2.26. The van der Waals surface area contributed by atoms with Crippen molar-refractivity contribution >= 4 is 40.6 Å². The second kappa shape index (κ2) is 7.96. The van der Waals surface area contributed by atoms with Crippen LogP contribution in [0, 0.1) is 0 Å². The van der Waals surface area contributed by atoms with Gasteiger partial charge in [0.2, 0.25) is 0 Å². The van der Waals surface area contributed by atoms with Crippen LogP contribution in [0.2, 0.25) is 10.0 Å². The lowest BCUT2D eigenvalue weighted by Gasteiger charge is -2.09. The van der Waals surface area contributed by atoms with E-state index in [-0.39, 0.29) is 5.91 Å². The Kier molecular flexibility index (Phi) is 5.48. The predicted molar refractivity (Wildman–Crippen MR) is 100 cm³/mol. The number of hydrogen-bond donors (Lipinski definition) is 2. The van der Waals surface area contributed by atoms with Gasteiger partial charge in [-0.3, -0.25) is 9.78 Å². The number of nitrogens with zero attached hydrogens (tertiary/aromatic N) is 2. The molecule has 7 heteroatoms. The Morgan fingerprint density at radius 3 is 2.60 bits per heavy atom. The Bertz CT molecular complexity index is 887. The second-order valence-corrected chi connectivity index (χ2v) is 6.06. The summed E-state index contributed by atoms with van der Waals surface area (Å²) in [7, 11) is 0. The van der Waals surface area contributed by atoms with Crippen molar-refractivity contribution in [2.75, 3.05) is 10.6 Å². The van der Waals surface area contributed by atoms with E-state index in [0.717, 1.165) is 5.56 Å². The van der Waals surface area contributed by atoms with E-state index >= 15 is 0 Å². The number of hydrogen-bond acceptors (Lipinski definition) is 4. The third kappa shape index (κ3) is 4.68. The van der Waals surface area contributed by atoms with E-state index in [1.165, 1.54) is 0 Å². The van der Waals surface area contributed by atoms with Crippen molar-refractivity contribution in [3.63, 3.8) is 0 Å². The first-order valence-corrected chi connectivity index (χ1v) is 8.22. The number of aromatic nitrogens is 2. The molecule has 1 aromatic carbocycles. The Labute approximate surface area is 155 Å². The molecule has 0 radical (unpaired) electrons. The number of carbonyl (C=O) groups excluding carboxylic acids is 1. The van der Waals surface area contributed by atoms with Gasteiger partial charge in [-0.2, -0.15) is 0 Å². The summed E-state index contributed by atoms with van der Waals surface area (Å²) in [5.41, 5.74) is 1.99. The standard InChI is InChI=1S/C18H14Cl2N4O/c19-14-1-2-15(20)16(10-14)24-18(25)13-5-8-22-17(9-13)23-11-12-3-6-21-7-4-12/h1-10H,11H2,(H,22,23)(H,24,25). The molecule has 0 aliphatic heterocycles. The van der Waals surface area contributed by atoms with Crippen molar-refractivity contribution in [1.82, 2.24) is 9.97 Å². The Morgan fingerprint density at radius 2 is 1.80 bits per heavy atom. The molecule has 0 fully saturated rings. The molecule has 0 aliphatic carbocycles. The fourth-order valence-corrected chi connectivity index (χ4v) is 2.49. The Balaban J connectivity index is 1.70. The summed E-state index contributed by atoms with van der Waals surface area (Å²) in [4.78, 5) is 20.6. The van der Waals surface area contributed by atoms with Crippen LogP contribution < -0.4 is 10.6 Å². The molecule has 0 atom stereocenters. The maximum absolute atomic E-state index is 12.4. The van der Waals surface area contributed by atoms with Gasteiger partial charge in [0.1, 0.15) is 5.82 Å². The zero-order valence-electron chi connectivity index (χ0n) is 13.0. The lowest BCUT2D eigenvalue weighted by molar-refractivity contribution is 0.102. The topological polar surface area (TPSA) is 66.9 Å². The molecule has 2 aromatic heterocycles. The number of nitrogens with one attached hydrogen (secondary N) is 2. The van der Waals surface area contributed by atoms with Gasteiger partial charge in [-0.05, 0) is 48.0 Å². The molecule has 1 amide bonds. The van der Waals surface area contributed by atoms with E-state index in [4.69, 9.17) is 23.2 Å². The van der Waals surface area contributed by atoms with Crippen LogP contribution >= 0.6 is 23.2 Å². The van der Waals surface area contributed by atoms with Crippen LogP contribution in [-0.4, -0.2) is 15.9 Å². The highest BCUT2D eigenvalue weighted by atomic mass is 35.5. The minimum absolute atomic E-state index is 0.293. The van der Waals surface area contributed by atoms with Crippen molar-refractivity contribution < 1.29 is 4.79 Å². The summed E-state index contributed by atoms with van der Waals surface area (Å²) in [5.74, 6) is 0.306. The van der Waals surface area contributed by atoms with Gasteiger partial charge in [-0.25, -0.2) is 4.98 Å². The van der Waals surface area contributed by atoms with Crippen molar-refractivity contribution in [3.05, 3.63) is 82.2 Å². The van der Waals surface area contributed by atoms with Gasteiger partial charge >= 0.3 is 0 Å². The van der Waals surface area contributed by atoms with Crippen LogP contribution in [-0.2, 0) is 6.54 Å². The van der Waals surface area contributed by atoms with Gasteiger partial charge in [0.25, 0.3) is 5.91 Å². The normalized spacial score (nSPS) is 10.3. The number of anilines is 2. The number of rotatable bonds is 5. The van der Waals surface area contributed by atoms with E-state index in [9.17, 15) is 4.79 Å². The predicted octanol–water partition coefficient (Wildman–Crippen LogP) is 4.65. The SMILES string of the molecule is O=C(Nc1cc(Cl)ccc1Cl)c1ccnc(NCc2ccncc2)c1. The van der Waals surface area contributed by atoms with Crippen molar-refractivity contribution in [3.8, 4) is 0 Å². The lowest BCUT2D eigenvalue weighted by atomic mass is 10.2. The fourth-order valence-electron chi connectivity index (χ4n) is 2.15. The van der Waals surface area contributed by atoms with E-state index in [1.807, 2.05) is 12.1 Å². The molecule has 3 rings (SSSR count). The largest absolute Gasteiger partial charge is 0.366 e. The minimum atomic E-state index is -0.293. The molecule has 0 saturated carbocycles. The molecule has 0 unspecified atom stereocenters. The smallest absolute Gasteiger partial charge is 0.255 e. The molecular weight excluding hydrogens is 359 g/mol. The maximum atomic E-state index is 12.4. The van der Waals surface area contributed by atoms with Crippen LogP contribution in [0.15, 0.2) is 61.1 Å². The fraction of sp³-hybridized carbons (Fsp3) is 0.0556. The number of halogens is 2. The summed E-state index contributed by atoms with van der Waals surface area (Å²) in [5, 5.41) is 6.84. The summed E-state index contributed by atoms with van der Waals surface area (Å²) >= 11 is 12.0. The van der Waals surface area contributed by atoms with E-state index in [0.29, 0.717) is 33.7 Å².